The van der Waals surface area contributed by atoms with Gasteiger partial charge in [-0.15, -0.1) is 0 Å². The van der Waals surface area contributed by atoms with E-state index in [2.05, 4.69) is 29.1 Å². The van der Waals surface area contributed by atoms with E-state index in [1.54, 1.807) is 11.3 Å². The number of ether oxygens (including phenoxy) is 1. The Morgan fingerprint density at radius 3 is 2.64 bits per heavy atom. The van der Waals surface area contributed by atoms with Gasteiger partial charge < -0.3 is 15.0 Å². The molecule has 5 heteroatoms. The second kappa shape index (κ2) is 7.01. The van der Waals surface area contributed by atoms with Crippen LogP contribution in [0.15, 0.2) is 16.8 Å². The molecule has 22 heavy (non-hydrogen) atoms. The van der Waals surface area contributed by atoms with Gasteiger partial charge in [0.15, 0.2) is 0 Å². The summed E-state index contributed by atoms with van der Waals surface area (Å²) in [5, 5.41) is 7.84. The minimum atomic E-state index is -0.417. The number of carbonyl (C=O) groups is 1. The molecule has 0 atom stereocenters. The number of carbonyl (C=O) groups excluding carboxylic acids is 1. The van der Waals surface area contributed by atoms with E-state index >= 15 is 0 Å². The van der Waals surface area contributed by atoms with Gasteiger partial charge in [-0.25, -0.2) is 4.79 Å². The Morgan fingerprint density at radius 1 is 1.41 bits per heavy atom. The number of rotatable bonds is 4. The fourth-order valence-corrected chi connectivity index (χ4v) is 3.30. The van der Waals surface area contributed by atoms with E-state index in [-0.39, 0.29) is 11.5 Å². The lowest BCUT2D eigenvalue weighted by Crippen LogP contribution is -2.47. The smallest absolute Gasteiger partial charge is 0.410 e. The lowest BCUT2D eigenvalue weighted by atomic mass is 9.80. The number of amides is 1. The normalized spacial score (nSPS) is 18.3. The first-order valence-corrected chi connectivity index (χ1v) is 8.91. The van der Waals surface area contributed by atoms with Crippen molar-refractivity contribution < 1.29 is 9.53 Å². The molecular formula is C17H28N2O2S. The van der Waals surface area contributed by atoms with Gasteiger partial charge in [0.25, 0.3) is 0 Å². The van der Waals surface area contributed by atoms with E-state index in [0.29, 0.717) is 0 Å². The summed E-state index contributed by atoms with van der Waals surface area (Å²) in [6.07, 6.45) is 1.85. The van der Waals surface area contributed by atoms with Crippen LogP contribution in [0.3, 0.4) is 0 Å². The van der Waals surface area contributed by atoms with Crippen LogP contribution in [-0.2, 0) is 11.3 Å². The molecule has 0 radical (unpaired) electrons. The van der Waals surface area contributed by atoms with Crippen molar-refractivity contribution in [3.05, 3.63) is 22.4 Å². The van der Waals surface area contributed by atoms with Gasteiger partial charge >= 0.3 is 6.09 Å². The monoisotopic (exact) mass is 324 g/mol. The van der Waals surface area contributed by atoms with Crippen molar-refractivity contribution in [2.75, 3.05) is 19.6 Å². The summed E-state index contributed by atoms with van der Waals surface area (Å²) >= 11 is 1.73. The average molecular weight is 324 g/mol. The van der Waals surface area contributed by atoms with Gasteiger partial charge in [-0.05, 0) is 61.4 Å². The van der Waals surface area contributed by atoms with E-state index in [1.807, 2.05) is 25.7 Å². The summed E-state index contributed by atoms with van der Waals surface area (Å²) in [6, 6.07) is 2.16. The topological polar surface area (TPSA) is 41.6 Å². The standard InChI is InChI=1S/C17H28N2O2S/c1-16(2,3)21-15(20)19-8-6-17(4,7-9-19)13-18-11-14-5-10-22-12-14/h5,10,12,18H,6-9,11,13H2,1-4H3. The van der Waals surface area contributed by atoms with Crippen LogP contribution in [0.1, 0.15) is 46.1 Å². The summed E-state index contributed by atoms with van der Waals surface area (Å²) < 4.78 is 5.45. The van der Waals surface area contributed by atoms with Crippen LogP contribution < -0.4 is 5.32 Å². The first-order chi connectivity index (χ1) is 10.3. The first-order valence-electron chi connectivity index (χ1n) is 7.97. The molecule has 2 heterocycles. The molecule has 2 rings (SSSR count). The van der Waals surface area contributed by atoms with Crippen molar-refractivity contribution in [3.63, 3.8) is 0 Å². The summed E-state index contributed by atoms with van der Waals surface area (Å²) in [5.41, 5.74) is 1.19. The van der Waals surface area contributed by atoms with E-state index < -0.39 is 5.60 Å². The predicted octanol–water partition coefficient (Wildman–Crippen LogP) is 3.87. The molecular weight excluding hydrogens is 296 g/mol. The number of hydrogen-bond donors (Lipinski definition) is 1. The van der Waals surface area contributed by atoms with Crippen molar-refractivity contribution in [3.8, 4) is 0 Å². The van der Waals surface area contributed by atoms with Crippen LogP contribution in [0.25, 0.3) is 0 Å². The molecule has 0 aliphatic carbocycles. The highest BCUT2D eigenvalue weighted by Gasteiger charge is 2.33. The zero-order chi connectivity index (χ0) is 16.2. The Kier molecular flexibility index (Phi) is 5.50. The number of thiophene rings is 1. The molecule has 1 aliphatic heterocycles. The quantitative estimate of drug-likeness (QED) is 0.914. The Labute approximate surface area is 137 Å². The Morgan fingerprint density at radius 2 is 2.09 bits per heavy atom. The third kappa shape index (κ3) is 5.29. The molecule has 0 aromatic carbocycles. The van der Waals surface area contributed by atoms with Crippen LogP contribution >= 0.6 is 11.3 Å². The number of likely N-dealkylation sites (tertiary alicyclic amines) is 1. The molecule has 1 amide bonds. The molecule has 0 bridgehead atoms. The van der Waals surface area contributed by atoms with Crippen molar-refractivity contribution in [2.45, 2.75) is 52.7 Å². The van der Waals surface area contributed by atoms with E-state index in [0.717, 1.165) is 39.0 Å². The van der Waals surface area contributed by atoms with Crippen LogP contribution in [0, 0.1) is 5.41 Å². The second-order valence-electron chi connectivity index (χ2n) is 7.51. The molecule has 0 saturated carbocycles. The molecule has 1 aliphatic rings. The first kappa shape index (κ1) is 17.3. The molecule has 1 fully saturated rings. The van der Waals surface area contributed by atoms with Crippen LogP contribution in [0.4, 0.5) is 4.79 Å². The highest BCUT2D eigenvalue weighted by atomic mass is 32.1. The van der Waals surface area contributed by atoms with Crippen molar-refractivity contribution in [1.29, 1.82) is 0 Å². The number of nitrogens with one attached hydrogen (secondary N) is 1. The fourth-order valence-electron chi connectivity index (χ4n) is 2.63. The number of piperidine rings is 1. The Balaban J connectivity index is 1.74. The Bertz CT molecular complexity index is 471. The molecule has 1 aromatic rings. The van der Waals surface area contributed by atoms with Crippen molar-refractivity contribution in [1.82, 2.24) is 10.2 Å². The second-order valence-corrected chi connectivity index (χ2v) is 8.29. The van der Waals surface area contributed by atoms with Gasteiger partial charge in [-0.3, -0.25) is 0 Å². The summed E-state index contributed by atoms with van der Waals surface area (Å²) in [5.74, 6) is 0. The summed E-state index contributed by atoms with van der Waals surface area (Å²) in [4.78, 5) is 13.9. The molecule has 1 saturated heterocycles. The van der Waals surface area contributed by atoms with Gasteiger partial charge in [0, 0.05) is 26.2 Å². The van der Waals surface area contributed by atoms with Gasteiger partial charge in [-0.1, -0.05) is 6.92 Å². The van der Waals surface area contributed by atoms with E-state index in [9.17, 15) is 4.79 Å². The summed E-state index contributed by atoms with van der Waals surface area (Å²) in [6.45, 7) is 11.5. The SMILES string of the molecule is CC1(CNCc2ccsc2)CCN(C(=O)OC(C)(C)C)CC1. The average Bonchev–Trinajstić information content (AvgIpc) is 2.90. The largest absolute Gasteiger partial charge is 0.444 e. The number of nitrogens with zero attached hydrogens (tertiary/aromatic N) is 1. The maximum Gasteiger partial charge on any atom is 0.410 e. The Hall–Kier alpha value is -1.07. The minimum Gasteiger partial charge on any atom is -0.444 e. The third-order valence-corrected chi connectivity index (χ3v) is 4.82. The molecule has 0 spiro atoms. The zero-order valence-electron chi connectivity index (χ0n) is 14.1. The molecule has 0 unspecified atom stereocenters. The minimum absolute atomic E-state index is 0.180. The highest BCUT2D eigenvalue weighted by molar-refractivity contribution is 7.07. The van der Waals surface area contributed by atoms with E-state index in [4.69, 9.17) is 4.74 Å². The van der Waals surface area contributed by atoms with Gasteiger partial charge in [0.2, 0.25) is 0 Å². The fraction of sp³-hybridized carbons (Fsp3) is 0.706. The molecule has 1 aromatic heterocycles. The number of hydrogen-bond acceptors (Lipinski definition) is 4. The lowest BCUT2D eigenvalue weighted by molar-refractivity contribution is 0.0119. The van der Waals surface area contributed by atoms with E-state index in [1.165, 1.54) is 5.56 Å². The molecule has 1 N–H and O–H groups in total. The van der Waals surface area contributed by atoms with Gasteiger partial charge in [0.05, 0.1) is 0 Å². The molecule has 4 nitrogen and oxygen atoms in total. The van der Waals surface area contributed by atoms with Crippen LogP contribution in [0.5, 0.6) is 0 Å². The zero-order valence-corrected chi connectivity index (χ0v) is 15.0. The predicted molar refractivity (Wildman–Crippen MR) is 91.2 cm³/mol. The summed E-state index contributed by atoms with van der Waals surface area (Å²) in [7, 11) is 0. The van der Waals surface area contributed by atoms with Gasteiger partial charge in [0.1, 0.15) is 5.60 Å². The third-order valence-electron chi connectivity index (χ3n) is 4.08. The molecule has 124 valence electrons. The maximum atomic E-state index is 12.1. The van der Waals surface area contributed by atoms with Gasteiger partial charge in [-0.2, -0.15) is 11.3 Å². The lowest BCUT2D eigenvalue weighted by Gasteiger charge is -2.39. The highest BCUT2D eigenvalue weighted by Crippen LogP contribution is 2.30. The van der Waals surface area contributed by atoms with Crippen molar-refractivity contribution >= 4 is 17.4 Å². The van der Waals surface area contributed by atoms with Crippen LogP contribution in [0.2, 0.25) is 0 Å². The van der Waals surface area contributed by atoms with Crippen LogP contribution in [-0.4, -0.2) is 36.2 Å². The maximum absolute atomic E-state index is 12.1. The van der Waals surface area contributed by atoms with Crippen molar-refractivity contribution in [2.24, 2.45) is 5.41 Å².